The maximum atomic E-state index is 3.60. The molecular formula is C4H9W+. The Morgan fingerprint density at radius 2 is 1.80 bits per heavy atom. The van der Waals surface area contributed by atoms with Gasteiger partial charge in [0.1, 0.15) is 0 Å². The minimum absolute atomic E-state index is 0. The van der Waals surface area contributed by atoms with Gasteiger partial charge in [-0.2, -0.15) is 6.42 Å². The Balaban J connectivity index is 0. The second-order valence-corrected chi connectivity index (χ2v) is 0.854. The van der Waals surface area contributed by atoms with E-state index in [-0.39, 0.29) is 21.1 Å². The topological polar surface area (TPSA) is 0 Å². The van der Waals surface area contributed by atoms with Crippen LogP contribution in [0.1, 0.15) is 19.8 Å². The zero-order valence-corrected chi connectivity index (χ0v) is 6.46. The molecule has 0 nitrogen and oxygen atoms in total. The van der Waals surface area contributed by atoms with Gasteiger partial charge in [-0.25, -0.2) is 0 Å². The second-order valence-electron chi connectivity index (χ2n) is 0.854. The molecule has 0 aliphatic heterocycles. The summed E-state index contributed by atoms with van der Waals surface area (Å²) >= 11 is 0. The third-order valence-electron chi connectivity index (χ3n) is 0.354. The van der Waals surface area contributed by atoms with E-state index in [0.717, 1.165) is 6.42 Å². The maximum absolute atomic E-state index is 3.60. The molecule has 0 aliphatic rings. The number of rotatable bonds is 1. The summed E-state index contributed by atoms with van der Waals surface area (Å²) < 4.78 is 0. The zero-order valence-electron chi connectivity index (χ0n) is 3.53. The van der Waals surface area contributed by atoms with Crippen LogP contribution >= 0.6 is 0 Å². The van der Waals surface area contributed by atoms with Gasteiger partial charge >= 0.3 is 21.1 Å². The van der Waals surface area contributed by atoms with E-state index in [1.165, 1.54) is 6.42 Å². The van der Waals surface area contributed by atoms with Crippen LogP contribution in [-0.2, 0) is 21.1 Å². The van der Waals surface area contributed by atoms with E-state index in [4.69, 9.17) is 0 Å². The molecule has 0 amide bonds. The summed E-state index contributed by atoms with van der Waals surface area (Å²) in [4.78, 5) is 0. The fraction of sp³-hybridized carbons (Fsp3) is 0.750. The van der Waals surface area contributed by atoms with Gasteiger partial charge in [-0.15, -0.1) is 0 Å². The van der Waals surface area contributed by atoms with Crippen molar-refractivity contribution in [3.8, 4) is 0 Å². The third-order valence-corrected chi connectivity index (χ3v) is 0.354. The van der Waals surface area contributed by atoms with Gasteiger partial charge in [-0.3, -0.25) is 0 Å². The van der Waals surface area contributed by atoms with Crippen molar-refractivity contribution in [3.63, 3.8) is 0 Å². The number of hydrogen-bond donors (Lipinski definition) is 0. The Labute approximate surface area is 48.2 Å². The molecule has 0 fully saturated rings. The molecule has 0 saturated heterocycles. The smallest absolute Gasteiger partial charge is 0.343 e. The first kappa shape index (κ1) is 9.19. The van der Waals surface area contributed by atoms with Gasteiger partial charge in [0.05, 0.1) is 0 Å². The van der Waals surface area contributed by atoms with Crippen LogP contribution < -0.4 is 0 Å². The molecule has 0 aromatic rings. The predicted octanol–water partition coefficient (Wildman–Crippen LogP) is 1.62. The summed E-state index contributed by atoms with van der Waals surface area (Å²) in [6.45, 7) is 5.72. The van der Waals surface area contributed by atoms with Crippen molar-refractivity contribution in [2.75, 3.05) is 0 Å². The molecule has 0 unspecified atom stereocenters. The molecule has 30 valence electrons. The molecule has 0 N–H and O–H groups in total. The first-order chi connectivity index (χ1) is 1.91. The minimum atomic E-state index is 0. The summed E-state index contributed by atoms with van der Waals surface area (Å²) in [5, 5.41) is 0. The summed E-state index contributed by atoms with van der Waals surface area (Å²) in [6, 6.07) is 0. The Morgan fingerprint density at radius 3 is 1.80 bits per heavy atom. The van der Waals surface area contributed by atoms with Crippen molar-refractivity contribution in [2.24, 2.45) is 0 Å². The molecule has 5 heavy (non-hydrogen) atoms. The van der Waals surface area contributed by atoms with Crippen molar-refractivity contribution < 1.29 is 21.1 Å². The SMILES string of the molecule is [CH2-]CCC.[W+2]. The quantitative estimate of drug-likeness (QED) is 0.612. The molecule has 0 heterocycles. The van der Waals surface area contributed by atoms with Gasteiger partial charge in [-0.1, -0.05) is 13.3 Å². The van der Waals surface area contributed by atoms with Gasteiger partial charge in [0.15, 0.2) is 0 Å². The van der Waals surface area contributed by atoms with Crippen molar-refractivity contribution in [2.45, 2.75) is 19.8 Å². The zero-order chi connectivity index (χ0) is 3.41. The average molecular weight is 241 g/mol. The van der Waals surface area contributed by atoms with E-state index in [0.29, 0.717) is 0 Å². The fourth-order valence-electron chi connectivity index (χ4n) is 0. The van der Waals surface area contributed by atoms with Crippen LogP contribution in [0, 0.1) is 6.92 Å². The van der Waals surface area contributed by atoms with E-state index in [1.807, 2.05) is 0 Å². The first-order valence-electron chi connectivity index (χ1n) is 1.71. The average Bonchev–Trinajstić information content (AvgIpc) is 1.37. The summed E-state index contributed by atoms with van der Waals surface area (Å²) in [7, 11) is 0. The van der Waals surface area contributed by atoms with Gasteiger partial charge in [0.25, 0.3) is 0 Å². The van der Waals surface area contributed by atoms with E-state index in [1.54, 1.807) is 0 Å². The molecule has 0 rings (SSSR count). The molecule has 0 aromatic carbocycles. The van der Waals surface area contributed by atoms with Crippen molar-refractivity contribution in [3.05, 3.63) is 6.92 Å². The van der Waals surface area contributed by atoms with E-state index in [2.05, 4.69) is 13.8 Å². The van der Waals surface area contributed by atoms with Gasteiger partial charge in [0.2, 0.25) is 0 Å². The van der Waals surface area contributed by atoms with Crippen LogP contribution in [0.4, 0.5) is 0 Å². The van der Waals surface area contributed by atoms with Crippen molar-refractivity contribution in [1.29, 1.82) is 0 Å². The summed E-state index contributed by atoms with van der Waals surface area (Å²) in [5.41, 5.74) is 0. The van der Waals surface area contributed by atoms with Crippen LogP contribution in [0.5, 0.6) is 0 Å². The van der Waals surface area contributed by atoms with Crippen LogP contribution in [-0.4, -0.2) is 0 Å². The van der Waals surface area contributed by atoms with Crippen LogP contribution in [0.3, 0.4) is 0 Å². The van der Waals surface area contributed by atoms with Crippen LogP contribution in [0.25, 0.3) is 0 Å². The van der Waals surface area contributed by atoms with E-state index >= 15 is 0 Å². The molecule has 0 atom stereocenters. The Morgan fingerprint density at radius 1 is 1.60 bits per heavy atom. The Hall–Kier alpha value is 0.688. The summed E-state index contributed by atoms with van der Waals surface area (Å²) in [5.74, 6) is 0. The van der Waals surface area contributed by atoms with Crippen molar-refractivity contribution in [1.82, 2.24) is 0 Å². The van der Waals surface area contributed by atoms with E-state index in [9.17, 15) is 0 Å². The third kappa shape index (κ3) is 11.9. The molecule has 0 saturated carbocycles. The predicted molar refractivity (Wildman–Crippen MR) is 20.3 cm³/mol. The van der Waals surface area contributed by atoms with Crippen LogP contribution in [0.2, 0.25) is 0 Å². The van der Waals surface area contributed by atoms with Crippen LogP contribution in [0.15, 0.2) is 0 Å². The Bertz CT molecular complexity index is 5.61. The summed E-state index contributed by atoms with van der Waals surface area (Å²) in [6.07, 6.45) is 2.28. The largest absolute Gasteiger partial charge is 2.00 e. The standard InChI is InChI=1S/C4H9.W/c1-3-4-2;/h1,3-4H2,2H3;/q-1;+2. The molecule has 0 spiro atoms. The maximum Gasteiger partial charge on any atom is 2.00 e. The fourth-order valence-corrected chi connectivity index (χ4v) is 0. The number of hydrogen-bond acceptors (Lipinski definition) is 0. The minimum Gasteiger partial charge on any atom is -0.343 e. The second kappa shape index (κ2) is 8.82. The molecule has 0 bridgehead atoms. The van der Waals surface area contributed by atoms with Crippen molar-refractivity contribution >= 4 is 0 Å². The monoisotopic (exact) mass is 241 g/mol. The Kier molecular flexibility index (Phi) is 16.2. The number of unbranched alkanes of at least 4 members (excludes halogenated alkanes) is 1. The molecule has 0 aliphatic carbocycles. The normalized spacial score (nSPS) is 6.00. The van der Waals surface area contributed by atoms with Gasteiger partial charge < -0.3 is 6.92 Å². The molecule has 0 aromatic heterocycles. The molecule has 1 heteroatoms. The van der Waals surface area contributed by atoms with Gasteiger partial charge in [-0.05, 0) is 0 Å². The molecular weight excluding hydrogens is 232 g/mol. The van der Waals surface area contributed by atoms with Gasteiger partial charge in [0, 0.05) is 0 Å². The van der Waals surface area contributed by atoms with E-state index < -0.39 is 0 Å². The molecule has 0 radical (unpaired) electrons. The first-order valence-corrected chi connectivity index (χ1v) is 1.71.